The van der Waals surface area contributed by atoms with Crippen LogP contribution in [0.2, 0.25) is 0 Å². The number of nitriles is 1. The average molecular weight is 243 g/mol. The van der Waals surface area contributed by atoms with E-state index in [0.29, 0.717) is 5.56 Å². The second-order valence-electron chi connectivity index (χ2n) is 4.41. The number of hydrogen-bond acceptors (Lipinski definition) is 3. The van der Waals surface area contributed by atoms with Crippen molar-refractivity contribution in [2.45, 2.75) is 13.3 Å². The quantitative estimate of drug-likeness (QED) is 0.591. The first-order chi connectivity index (χ1) is 8.69. The van der Waals surface area contributed by atoms with E-state index >= 15 is 0 Å². The van der Waals surface area contributed by atoms with Gasteiger partial charge in [0.15, 0.2) is 0 Å². The van der Waals surface area contributed by atoms with Crippen molar-refractivity contribution in [1.29, 1.82) is 5.26 Å². The van der Waals surface area contributed by atoms with E-state index in [-0.39, 0.29) is 0 Å². The van der Waals surface area contributed by atoms with Crippen molar-refractivity contribution in [3.8, 4) is 6.07 Å². The third-order valence-corrected chi connectivity index (χ3v) is 2.70. The molecule has 1 aromatic carbocycles. The molecule has 0 saturated heterocycles. The van der Waals surface area contributed by atoms with Gasteiger partial charge in [0.2, 0.25) is 0 Å². The summed E-state index contributed by atoms with van der Waals surface area (Å²) in [5, 5.41) is 12.4. The van der Waals surface area contributed by atoms with Crippen LogP contribution in [0.4, 0.5) is 5.69 Å². The molecule has 96 valence electrons. The fourth-order valence-corrected chi connectivity index (χ4v) is 1.82. The van der Waals surface area contributed by atoms with Gasteiger partial charge in [-0.3, -0.25) is 0 Å². The van der Waals surface area contributed by atoms with Gasteiger partial charge in [-0.1, -0.05) is 25.6 Å². The first kappa shape index (κ1) is 14.3. The Kier molecular flexibility index (Phi) is 5.96. The van der Waals surface area contributed by atoms with E-state index in [1.54, 1.807) is 0 Å². The third kappa shape index (κ3) is 4.23. The number of nitrogens with one attached hydrogen (secondary N) is 1. The van der Waals surface area contributed by atoms with Crippen molar-refractivity contribution < 1.29 is 0 Å². The molecule has 0 heterocycles. The minimum absolute atomic E-state index is 0.703. The molecule has 3 heteroatoms. The van der Waals surface area contributed by atoms with Crippen molar-refractivity contribution in [1.82, 2.24) is 5.32 Å². The molecule has 1 aromatic rings. The third-order valence-electron chi connectivity index (χ3n) is 2.70. The lowest BCUT2D eigenvalue weighted by molar-refractivity contribution is 0.705. The standard InChI is InChI=1S/C15H21N3/c1-4-9-17-11-13(2)12-18(3)15-8-6-5-7-14(15)10-16/h5-8,17H,2,4,9,11-12H2,1,3H3. The van der Waals surface area contributed by atoms with Crippen LogP contribution in [0.1, 0.15) is 18.9 Å². The summed E-state index contributed by atoms with van der Waals surface area (Å²) in [6.07, 6.45) is 1.13. The summed E-state index contributed by atoms with van der Waals surface area (Å²) in [4.78, 5) is 2.06. The zero-order valence-corrected chi connectivity index (χ0v) is 11.2. The molecule has 18 heavy (non-hydrogen) atoms. The second kappa shape index (κ2) is 7.52. The summed E-state index contributed by atoms with van der Waals surface area (Å²) in [7, 11) is 1.99. The van der Waals surface area contributed by atoms with Gasteiger partial charge in [0.25, 0.3) is 0 Å². The molecule has 0 fully saturated rings. The van der Waals surface area contributed by atoms with Crippen molar-refractivity contribution in [3.63, 3.8) is 0 Å². The van der Waals surface area contributed by atoms with Crippen molar-refractivity contribution in [2.75, 3.05) is 31.6 Å². The average Bonchev–Trinajstić information content (AvgIpc) is 2.39. The van der Waals surface area contributed by atoms with Crippen molar-refractivity contribution >= 4 is 5.69 Å². The van der Waals surface area contributed by atoms with E-state index in [4.69, 9.17) is 5.26 Å². The molecule has 0 aliphatic carbocycles. The normalized spacial score (nSPS) is 9.83. The van der Waals surface area contributed by atoms with Crippen LogP contribution in [0.3, 0.4) is 0 Å². The van der Waals surface area contributed by atoms with E-state index in [1.165, 1.54) is 0 Å². The monoisotopic (exact) mass is 243 g/mol. The molecule has 0 unspecified atom stereocenters. The highest BCUT2D eigenvalue weighted by atomic mass is 15.1. The highest BCUT2D eigenvalue weighted by Crippen LogP contribution is 2.18. The molecule has 1 N–H and O–H groups in total. The molecule has 0 bridgehead atoms. The molecule has 3 nitrogen and oxygen atoms in total. The van der Waals surface area contributed by atoms with Gasteiger partial charge in [0, 0.05) is 20.1 Å². The Balaban J connectivity index is 2.57. The smallest absolute Gasteiger partial charge is 0.101 e. The Morgan fingerprint density at radius 2 is 2.17 bits per heavy atom. The van der Waals surface area contributed by atoms with Crippen molar-refractivity contribution in [3.05, 3.63) is 42.0 Å². The van der Waals surface area contributed by atoms with Crippen LogP contribution >= 0.6 is 0 Å². The molecule has 0 aliphatic heterocycles. The van der Waals surface area contributed by atoms with E-state index < -0.39 is 0 Å². The number of rotatable bonds is 7. The van der Waals surface area contributed by atoms with E-state index in [0.717, 1.165) is 37.3 Å². The highest BCUT2D eigenvalue weighted by Gasteiger charge is 2.07. The molecular formula is C15H21N3. The van der Waals surface area contributed by atoms with Crippen LogP contribution in [0, 0.1) is 11.3 Å². The summed E-state index contributed by atoms with van der Waals surface area (Å²) in [5.74, 6) is 0. The maximum Gasteiger partial charge on any atom is 0.101 e. The van der Waals surface area contributed by atoms with Crippen LogP contribution in [0.15, 0.2) is 36.4 Å². The van der Waals surface area contributed by atoms with Crippen LogP contribution in [-0.4, -0.2) is 26.7 Å². The molecule has 0 atom stereocenters. The second-order valence-corrected chi connectivity index (χ2v) is 4.41. The minimum Gasteiger partial charge on any atom is -0.369 e. The number of benzene rings is 1. The number of para-hydroxylation sites is 1. The molecule has 0 saturated carbocycles. The van der Waals surface area contributed by atoms with Gasteiger partial charge < -0.3 is 10.2 Å². The molecule has 0 spiro atoms. The van der Waals surface area contributed by atoms with E-state index in [1.807, 2.05) is 31.3 Å². The SMILES string of the molecule is C=C(CNCCC)CN(C)c1ccccc1C#N. The van der Waals surface area contributed by atoms with E-state index in [9.17, 15) is 0 Å². The first-order valence-corrected chi connectivity index (χ1v) is 6.26. The number of likely N-dealkylation sites (N-methyl/N-ethyl adjacent to an activating group) is 1. The lowest BCUT2D eigenvalue weighted by atomic mass is 10.1. The lowest BCUT2D eigenvalue weighted by Crippen LogP contribution is -2.26. The Morgan fingerprint density at radius 1 is 1.44 bits per heavy atom. The van der Waals surface area contributed by atoms with Gasteiger partial charge in [0.05, 0.1) is 11.3 Å². The predicted molar refractivity (Wildman–Crippen MR) is 76.7 cm³/mol. The number of anilines is 1. The van der Waals surface area contributed by atoms with Gasteiger partial charge in [-0.05, 0) is 30.7 Å². The van der Waals surface area contributed by atoms with E-state index in [2.05, 4.69) is 29.8 Å². The summed E-state index contributed by atoms with van der Waals surface area (Å²) < 4.78 is 0. The zero-order valence-electron chi connectivity index (χ0n) is 11.2. The maximum atomic E-state index is 9.06. The number of hydrogen-bond donors (Lipinski definition) is 1. The molecular weight excluding hydrogens is 222 g/mol. The van der Waals surface area contributed by atoms with Crippen LogP contribution in [0.5, 0.6) is 0 Å². The topological polar surface area (TPSA) is 39.1 Å². The predicted octanol–water partition coefficient (Wildman–Crippen LogP) is 2.55. The summed E-state index contributed by atoms with van der Waals surface area (Å²) in [6.45, 7) is 8.80. The Bertz CT molecular complexity index is 432. The fraction of sp³-hybridized carbons (Fsp3) is 0.400. The summed E-state index contributed by atoms with van der Waals surface area (Å²) >= 11 is 0. The van der Waals surface area contributed by atoms with Gasteiger partial charge in [-0.2, -0.15) is 5.26 Å². The fourth-order valence-electron chi connectivity index (χ4n) is 1.82. The van der Waals surface area contributed by atoms with Gasteiger partial charge in [0.1, 0.15) is 6.07 Å². The summed E-state index contributed by atoms with van der Waals surface area (Å²) in [5.41, 5.74) is 2.78. The highest BCUT2D eigenvalue weighted by molar-refractivity contribution is 5.59. The molecule has 0 amide bonds. The van der Waals surface area contributed by atoms with Crippen LogP contribution < -0.4 is 10.2 Å². The Hall–Kier alpha value is -1.79. The largest absolute Gasteiger partial charge is 0.369 e. The first-order valence-electron chi connectivity index (χ1n) is 6.26. The van der Waals surface area contributed by atoms with Gasteiger partial charge in [-0.25, -0.2) is 0 Å². The van der Waals surface area contributed by atoms with Gasteiger partial charge in [-0.15, -0.1) is 0 Å². The zero-order chi connectivity index (χ0) is 13.4. The van der Waals surface area contributed by atoms with Crippen LogP contribution in [-0.2, 0) is 0 Å². The molecule has 0 radical (unpaired) electrons. The van der Waals surface area contributed by atoms with Crippen LogP contribution in [0.25, 0.3) is 0 Å². The Morgan fingerprint density at radius 3 is 2.83 bits per heavy atom. The van der Waals surface area contributed by atoms with Crippen molar-refractivity contribution in [2.24, 2.45) is 0 Å². The molecule has 0 aliphatic rings. The molecule has 1 rings (SSSR count). The summed E-state index contributed by atoms with van der Waals surface area (Å²) in [6, 6.07) is 9.85. The molecule has 0 aromatic heterocycles. The van der Waals surface area contributed by atoms with Gasteiger partial charge >= 0.3 is 0 Å². The Labute approximate surface area is 110 Å². The number of nitrogens with zero attached hydrogens (tertiary/aromatic N) is 2. The minimum atomic E-state index is 0.703. The lowest BCUT2D eigenvalue weighted by Gasteiger charge is -2.21. The maximum absolute atomic E-state index is 9.06.